The first-order valence-electron chi connectivity index (χ1n) is 29.8. The molecule has 2 aromatic rings. The predicted molar refractivity (Wildman–Crippen MR) is 327 cm³/mol. The van der Waals surface area contributed by atoms with Gasteiger partial charge in [-0.15, -0.1) is 11.3 Å². The Morgan fingerprint density at radius 2 is 1.34 bits per heavy atom. The van der Waals surface area contributed by atoms with Crippen LogP contribution in [0.4, 0.5) is 5.69 Å². The lowest BCUT2D eigenvalue weighted by Gasteiger charge is -2.38. The van der Waals surface area contributed by atoms with Crippen molar-refractivity contribution in [2.45, 2.75) is 162 Å². The van der Waals surface area contributed by atoms with Crippen molar-refractivity contribution in [3.63, 3.8) is 0 Å². The molecule has 488 valence electrons. The van der Waals surface area contributed by atoms with Crippen LogP contribution in [0.2, 0.25) is 0 Å². The standard InChI is InChI=1S/C61H87N11O16S/c1-12-36(4)54(68-60(87)61(7,8)69(9)10)58(84)70(11)44(35(2)3)33-46(88-38(6)73)57-67-43(34-89-57)56(83)64-40(30-37(5)59(85)86)31-39-19-20-45(74)42(32-39)66-48(76)16-13-26-63-55(82)41(65-49(77)18-15-29-72-52(80)23-24-53(72)81)25-27-62-47(75)17-14-28-71-50(78)21-22-51(71)79/h19-24,32,34-37,40-41,44,46,54,74H,12-18,25-31,33H2,1-11H3,(H,62,75)(H,63,82)(H,64,83)(H,65,77)(H,66,76)(H,68,87)(H,85,86)/t36-,37?,40+,41-,44?,46+,54+/m0/s1. The normalized spacial score (nSPS) is 15.5. The van der Waals surface area contributed by atoms with Crippen molar-refractivity contribution in [2.24, 2.45) is 17.8 Å². The molecule has 0 spiro atoms. The van der Waals surface area contributed by atoms with Gasteiger partial charge in [-0.3, -0.25) is 77.0 Å². The fraction of sp³-hybridized carbons (Fsp3) is 0.574. The molecule has 28 heteroatoms. The van der Waals surface area contributed by atoms with Gasteiger partial charge in [-0.05, 0) is 96.0 Å². The van der Waals surface area contributed by atoms with Crippen molar-refractivity contribution < 1.29 is 77.3 Å². The fourth-order valence-electron chi connectivity index (χ4n) is 9.57. The molecule has 4 rings (SSSR count). The van der Waals surface area contributed by atoms with Crippen LogP contribution in [0.15, 0.2) is 47.9 Å². The first-order chi connectivity index (χ1) is 41.8. The highest BCUT2D eigenvalue weighted by Crippen LogP contribution is 2.32. The quantitative estimate of drug-likeness (QED) is 0.0209. The van der Waals surface area contributed by atoms with Gasteiger partial charge < -0.3 is 51.8 Å². The summed E-state index contributed by atoms with van der Waals surface area (Å²) in [6.45, 7) is 13.8. The number of amides is 11. The van der Waals surface area contributed by atoms with Gasteiger partial charge in [0.1, 0.15) is 28.5 Å². The van der Waals surface area contributed by atoms with E-state index in [0.717, 1.165) is 45.4 Å². The number of carboxylic acids is 1. The second-order valence-electron chi connectivity index (χ2n) is 23.4. The van der Waals surface area contributed by atoms with Gasteiger partial charge in [-0.2, -0.15) is 0 Å². The number of rotatable bonds is 37. The monoisotopic (exact) mass is 1260 g/mol. The van der Waals surface area contributed by atoms with Crippen molar-refractivity contribution >= 4 is 93.9 Å². The summed E-state index contributed by atoms with van der Waals surface area (Å²) >= 11 is 1.06. The van der Waals surface area contributed by atoms with Crippen LogP contribution in [-0.4, -0.2) is 189 Å². The largest absolute Gasteiger partial charge is 0.506 e. The Labute approximate surface area is 522 Å². The maximum atomic E-state index is 14.3. The molecule has 1 aromatic heterocycles. The van der Waals surface area contributed by atoms with E-state index in [0.29, 0.717) is 12.0 Å². The Kier molecular flexibility index (Phi) is 28.2. The molecule has 1 aromatic carbocycles. The fourth-order valence-corrected chi connectivity index (χ4v) is 10.4. The topological polar surface area (TPSA) is 370 Å². The minimum Gasteiger partial charge on any atom is -0.506 e. The summed E-state index contributed by atoms with van der Waals surface area (Å²) in [6, 6.07) is 0.944. The minimum absolute atomic E-state index is 0.00333. The van der Waals surface area contributed by atoms with Gasteiger partial charge in [0.2, 0.25) is 35.4 Å². The summed E-state index contributed by atoms with van der Waals surface area (Å²) in [7, 11) is 5.19. The number of benzene rings is 1. The third-order valence-electron chi connectivity index (χ3n) is 15.7. The Morgan fingerprint density at radius 1 is 0.753 bits per heavy atom. The highest BCUT2D eigenvalue weighted by Gasteiger charge is 2.39. The van der Waals surface area contributed by atoms with Gasteiger partial charge >= 0.3 is 11.9 Å². The minimum atomic E-state index is -1.16. The molecule has 0 aliphatic carbocycles. The van der Waals surface area contributed by atoms with E-state index in [1.807, 2.05) is 27.7 Å². The molecule has 8 N–H and O–H groups in total. The Morgan fingerprint density at radius 3 is 1.89 bits per heavy atom. The number of hydrogen-bond donors (Lipinski definition) is 8. The Balaban J connectivity index is 1.40. The highest BCUT2D eigenvalue weighted by atomic mass is 32.1. The van der Waals surface area contributed by atoms with Gasteiger partial charge in [-0.1, -0.05) is 47.1 Å². The average Bonchev–Trinajstić information content (AvgIpc) is 2.70. The number of aromatic hydroxyl groups is 1. The third-order valence-corrected chi connectivity index (χ3v) is 16.7. The molecule has 2 aliphatic heterocycles. The molecular formula is C61H87N11O16S. The molecule has 89 heavy (non-hydrogen) atoms. The molecular weight excluding hydrogens is 1170 g/mol. The van der Waals surface area contributed by atoms with E-state index in [1.165, 1.54) is 31.4 Å². The SMILES string of the molecule is CC[C@H](C)[C@@H](NC(=O)C(C)(C)N(C)C)C(=O)N(C)C(C[C@@H](OC(C)=O)c1nc(C(=O)N[C@@H](Cc2ccc(O)c(NC(=O)CCCNC(=O)[C@H](CCNC(=O)CCCN3C(=O)C=CC3=O)NC(=O)CCCN3C(=O)C=CC3=O)c2)CC(C)C(=O)O)cs1)C(C)C. The molecule has 7 atom stereocenters. The first kappa shape index (κ1) is 73.1. The average molecular weight is 1260 g/mol. The van der Waals surface area contributed by atoms with Gasteiger partial charge in [0.25, 0.3) is 29.5 Å². The van der Waals surface area contributed by atoms with Crippen molar-refractivity contribution in [3.8, 4) is 5.75 Å². The number of phenols is 1. The molecule has 11 amide bonds. The predicted octanol–water partition coefficient (Wildman–Crippen LogP) is 2.89. The van der Waals surface area contributed by atoms with Crippen LogP contribution < -0.4 is 31.9 Å². The molecule has 0 saturated carbocycles. The van der Waals surface area contributed by atoms with E-state index in [1.54, 1.807) is 50.9 Å². The maximum Gasteiger partial charge on any atom is 0.306 e. The number of imide groups is 2. The summed E-state index contributed by atoms with van der Waals surface area (Å²) in [5, 5.41) is 38.9. The van der Waals surface area contributed by atoms with Crippen LogP contribution in [0.25, 0.3) is 0 Å². The van der Waals surface area contributed by atoms with E-state index in [-0.39, 0.29) is 136 Å². The number of carboxylic acid groups (broad SMARTS) is 1. The van der Waals surface area contributed by atoms with Gasteiger partial charge in [0.05, 0.1) is 17.1 Å². The van der Waals surface area contributed by atoms with Crippen molar-refractivity contribution in [1.29, 1.82) is 0 Å². The number of thiazole rings is 1. The lowest BCUT2D eigenvalue weighted by atomic mass is 9.92. The second-order valence-corrected chi connectivity index (χ2v) is 24.3. The summed E-state index contributed by atoms with van der Waals surface area (Å²) in [5.41, 5.74) is -0.478. The molecule has 0 radical (unpaired) electrons. The smallest absolute Gasteiger partial charge is 0.306 e. The number of likely N-dealkylation sites (N-methyl/N-ethyl adjacent to an activating group) is 2. The number of aromatic nitrogens is 1. The second kappa shape index (κ2) is 34.4. The van der Waals surface area contributed by atoms with Gasteiger partial charge in [0, 0.05) is 108 Å². The van der Waals surface area contributed by atoms with Crippen LogP contribution in [0.1, 0.15) is 147 Å². The summed E-state index contributed by atoms with van der Waals surface area (Å²) in [6.07, 6.45) is 4.16. The number of carbonyl (C=O) groups excluding carboxylic acids is 12. The summed E-state index contributed by atoms with van der Waals surface area (Å²) in [4.78, 5) is 176. The van der Waals surface area contributed by atoms with E-state index >= 15 is 0 Å². The van der Waals surface area contributed by atoms with Crippen LogP contribution in [-0.2, 0) is 68.7 Å². The summed E-state index contributed by atoms with van der Waals surface area (Å²) < 4.78 is 5.79. The van der Waals surface area contributed by atoms with Crippen LogP contribution >= 0.6 is 11.3 Å². The third kappa shape index (κ3) is 22.3. The van der Waals surface area contributed by atoms with Gasteiger partial charge in [0.15, 0.2) is 6.10 Å². The van der Waals surface area contributed by atoms with Gasteiger partial charge in [-0.25, -0.2) is 4.98 Å². The van der Waals surface area contributed by atoms with E-state index < -0.39 is 107 Å². The number of nitrogens with one attached hydrogen (secondary N) is 6. The van der Waals surface area contributed by atoms with E-state index in [9.17, 15) is 72.5 Å². The lowest BCUT2D eigenvalue weighted by Crippen LogP contribution is -2.60. The van der Waals surface area contributed by atoms with Crippen molar-refractivity contribution in [3.05, 3.63) is 64.1 Å². The number of phenolic OH excluding ortho intramolecular Hbond substituents is 1. The van der Waals surface area contributed by atoms with Crippen LogP contribution in [0, 0.1) is 17.8 Å². The van der Waals surface area contributed by atoms with Crippen molar-refractivity contribution in [1.82, 2.24) is 51.2 Å². The van der Waals surface area contributed by atoms with Crippen molar-refractivity contribution in [2.75, 3.05) is 52.6 Å². The zero-order valence-electron chi connectivity index (χ0n) is 52.6. The number of hydrogen-bond acceptors (Lipinski definition) is 18. The molecule has 2 aliphatic rings. The zero-order valence-corrected chi connectivity index (χ0v) is 53.4. The molecule has 0 bridgehead atoms. The Hall–Kier alpha value is -8.40. The van der Waals surface area contributed by atoms with Crippen LogP contribution in [0.5, 0.6) is 5.75 Å². The number of nitrogens with zero attached hydrogens (tertiary/aromatic N) is 5. The Bertz CT molecular complexity index is 2960. The van der Waals surface area contributed by atoms with E-state index in [2.05, 4.69) is 36.9 Å². The molecule has 27 nitrogen and oxygen atoms in total. The van der Waals surface area contributed by atoms with Crippen LogP contribution in [0.3, 0.4) is 0 Å². The molecule has 0 saturated heterocycles. The zero-order chi connectivity index (χ0) is 66.4. The number of esters is 1. The first-order valence-corrected chi connectivity index (χ1v) is 30.7. The number of aliphatic carboxylic acids is 1. The highest BCUT2D eigenvalue weighted by molar-refractivity contribution is 7.09. The number of carbonyl (C=O) groups is 13. The molecule has 3 heterocycles. The van der Waals surface area contributed by atoms with E-state index in [4.69, 9.17) is 4.74 Å². The lowest BCUT2D eigenvalue weighted by molar-refractivity contribution is -0.149. The molecule has 0 fully saturated rings. The number of ether oxygens (including phenoxy) is 1. The maximum absolute atomic E-state index is 14.3. The summed E-state index contributed by atoms with van der Waals surface area (Å²) in [5.74, 6) is -8.89. The number of anilines is 1. The molecule has 2 unspecified atom stereocenters.